The molecule has 0 unspecified atom stereocenters. The molecule has 0 aromatic heterocycles. The van der Waals surface area contributed by atoms with Gasteiger partial charge in [0.25, 0.3) is 0 Å². The largest absolute Gasteiger partial charge is 0.294 e. The van der Waals surface area contributed by atoms with Crippen LogP contribution >= 0.6 is 31.9 Å². The standard InChI is InChI=1S/C15H11Br2FO/c1-9-2-4-11(16)7-13(9)15(19)6-10-3-5-12(18)8-14(10)17/h2-5,7-8H,6H2,1H3. The summed E-state index contributed by atoms with van der Waals surface area (Å²) in [5.41, 5.74) is 2.41. The molecule has 2 aromatic carbocycles. The Hall–Kier alpha value is -1.00. The number of benzene rings is 2. The smallest absolute Gasteiger partial charge is 0.167 e. The van der Waals surface area contributed by atoms with Crippen LogP contribution in [0.4, 0.5) is 4.39 Å². The number of ketones is 1. The van der Waals surface area contributed by atoms with E-state index < -0.39 is 0 Å². The van der Waals surface area contributed by atoms with Crippen molar-refractivity contribution in [3.8, 4) is 0 Å². The van der Waals surface area contributed by atoms with Crippen LogP contribution in [-0.4, -0.2) is 5.78 Å². The van der Waals surface area contributed by atoms with Crippen molar-refractivity contribution in [2.75, 3.05) is 0 Å². The van der Waals surface area contributed by atoms with Crippen molar-refractivity contribution in [2.45, 2.75) is 13.3 Å². The van der Waals surface area contributed by atoms with Crippen LogP contribution in [0.15, 0.2) is 45.3 Å². The highest BCUT2D eigenvalue weighted by atomic mass is 79.9. The Balaban J connectivity index is 2.28. The molecule has 0 saturated heterocycles. The Morgan fingerprint density at radius 1 is 1.16 bits per heavy atom. The first-order valence-corrected chi connectivity index (χ1v) is 7.29. The van der Waals surface area contributed by atoms with Crippen LogP contribution in [0.2, 0.25) is 0 Å². The number of carbonyl (C=O) groups is 1. The second kappa shape index (κ2) is 5.97. The molecule has 0 bridgehead atoms. The van der Waals surface area contributed by atoms with Gasteiger partial charge in [0.15, 0.2) is 5.78 Å². The average molecular weight is 386 g/mol. The predicted octanol–water partition coefficient (Wildman–Crippen LogP) is 5.08. The summed E-state index contributed by atoms with van der Waals surface area (Å²) in [6, 6.07) is 9.98. The molecule has 0 spiro atoms. The molecule has 2 aromatic rings. The van der Waals surface area contributed by atoms with Gasteiger partial charge in [0.2, 0.25) is 0 Å². The Kier molecular flexibility index (Phi) is 4.53. The fourth-order valence-electron chi connectivity index (χ4n) is 1.83. The number of hydrogen-bond acceptors (Lipinski definition) is 1. The zero-order valence-electron chi connectivity index (χ0n) is 10.2. The minimum atomic E-state index is -0.318. The first-order valence-electron chi connectivity index (χ1n) is 5.70. The molecular weight excluding hydrogens is 375 g/mol. The quantitative estimate of drug-likeness (QED) is 0.673. The molecule has 0 aliphatic heterocycles. The minimum Gasteiger partial charge on any atom is -0.294 e. The molecule has 0 radical (unpaired) electrons. The number of carbonyl (C=O) groups excluding carboxylic acids is 1. The SMILES string of the molecule is Cc1ccc(Br)cc1C(=O)Cc1ccc(F)cc1Br. The molecule has 0 saturated carbocycles. The van der Waals surface area contributed by atoms with E-state index in [2.05, 4.69) is 31.9 Å². The highest BCUT2D eigenvalue weighted by Gasteiger charge is 2.12. The summed E-state index contributed by atoms with van der Waals surface area (Å²) >= 11 is 6.64. The number of rotatable bonds is 3. The second-order valence-corrected chi connectivity index (χ2v) is 6.06. The van der Waals surface area contributed by atoms with Crippen LogP contribution in [0.5, 0.6) is 0 Å². The lowest BCUT2D eigenvalue weighted by Crippen LogP contribution is -2.06. The number of Topliss-reactive ketones (excluding diaryl/α,β-unsaturated/α-hetero) is 1. The fraction of sp³-hybridized carbons (Fsp3) is 0.133. The molecule has 19 heavy (non-hydrogen) atoms. The van der Waals surface area contributed by atoms with Gasteiger partial charge in [-0.1, -0.05) is 44.0 Å². The summed E-state index contributed by atoms with van der Waals surface area (Å²) in [7, 11) is 0. The van der Waals surface area contributed by atoms with Crippen LogP contribution in [-0.2, 0) is 6.42 Å². The lowest BCUT2D eigenvalue weighted by atomic mass is 9.99. The predicted molar refractivity (Wildman–Crippen MR) is 81.0 cm³/mol. The highest BCUT2D eigenvalue weighted by Crippen LogP contribution is 2.22. The molecule has 98 valence electrons. The lowest BCUT2D eigenvalue weighted by Gasteiger charge is -2.07. The first kappa shape index (κ1) is 14.4. The molecule has 1 nitrogen and oxygen atoms in total. The zero-order chi connectivity index (χ0) is 14.0. The van der Waals surface area contributed by atoms with Crippen molar-refractivity contribution in [2.24, 2.45) is 0 Å². The van der Waals surface area contributed by atoms with Crippen molar-refractivity contribution >= 4 is 37.6 Å². The van der Waals surface area contributed by atoms with E-state index in [1.165, 1.54) is 12.1 Å². The maximum Gasteiger partial charge on any atom is 0.167 e. The van der Waals surface area contributed by atoms with Crippen molar-refractivity contribution in [1.82, 2.24) is 0 Å². The third-order valence-corrected chi connectivity index (χ3v) is 4.10. The molecule has 0 N–H and O–H groups in total. The van der Waals surface area contributed by atoms with Crippen molar-refractivity contribution in [3.05, 3.63) is 67.9 Å². The number of halogens is 3. The van der Waals surface area contributed by atoms with Gasteiger partial charge in [-0.05, 0) is 42.3 Å². The van der Waals surface area contributed by atoms with Gasteiger partial charge in [-0.3, -0.25) is 4.79 Å². The average Bonchev–Trinajstić information content (AvgIpc) is 2.35. The summed E-state index contributed by atoms with van der Waals surface area (Å²) in [5.74, 6) is -0.298. The van der Waals surface area contributed by atoms with Crippen LogP contribution in [0, 0.1) is 12.7 Å². The molecule has 4 heteroatoms. The van der Waals surface area contributed by atoms with Gasteiger partial charge in [0.05, 0.1) is 0 Å². The van der Waals surface area contributed by atoms with Gasteiger partial charge in [0.1, 0.15) is 5.82 Å². The minimum absolute atomic E-state index is 0.0195. The highest BCUT2D eigenvalue weighted by molar-refractivity contribution is 9.10. The summed E-state index contributed by atoms with van der Waals surface area (Å²) in [6.07, 6.45) is 0.248. The second-order valence-electron chi connectivity index (χ2n) is 4.29. The molecule has 0 atom stereocenters. The van der Waals surface area contributed by atoms with E-state index in [0.29, 0.717) is 10.0 Å². The molecule has 0 aliphatic carbocycles. The van der Waals surface area contributed by atoms with Crippen LogP contribution in [0.3, 0.4) is 0 Å². The summed E-state index contributed by atoms with van der Waals surface area (Å²) in [4.78, 5) is 12.3. The maximum atomic E-state index is 13.0. The third kappa shape index (κ3) is 3.51. The van der Waals surface area contributed by atoms with Crippen LogP contribution in [0.1, 0.15) is 21.5 Å². The van der Waals surface area contributed by atoms with E-state index in [9.17, 15) is 9.18 Å². The van der Waals surface area contributed by atoms with E-state index in [-0.39, 0.29) is 18.0 Å². The van der Waals surface area contributed by atoms with Crippen molar-refractivity contribution in [3.63, 3.8) is 0 Å². The van der Waals surface area contributed by atoms with Gasteiger partial charge in [-0.2, -0.15) is 0 Å². The Morgan fingerprint density at radius 3 is 2.58 bits per heavy atom. The van der Waals surface area contributed by atoms with E-state index in [1.54, 1.807) is 6.07 Å². The van der Waals surface area contributed by atoms with Gasteiger partial charge >= 0.3 is 0 Å². The van der Waals surface area contributed by atoms with E-state index in [0.717, 1.165) is 15.6 Å². The van der Waals surface area contributed by atoms with E-state index >= 15 is 0 Å². The topological polar surface area (TPSA) is 17.1 Å². The molecule has 0 fully saturated rings. The zero-order valence-corrected chi connectivity index (χ0v) is 13.4. The van der Waals surface area contributed by atoms with Crippen molar-refractivity contribution in [1.29, 1.82) is 0 Å². The van der Waals surface area contributed by atoms with Gasteiger partial charge in [-0.15, -0.1) is 0 Å². The number of aryl methyl sites for hydroxylation is 1. The van der Waals surface area contributed by atoms with Crippen molar-refractivity contribution < 1.29 is 9.18 Å². The van der Waals surface area contributed by atoms with Crippen LogP contribution in [0.25, 0.3) is 0 Å². The summed E-state index contributed by atoms with van der Waals surface area (Å²) in [6.45, 7) is 1.90. The van der Waals surface area contributed by atoms with E-state index in [4.69, 9.17) is 0 Å². The lowest BCUT2D eigenvalue weighted by molar-refractivity contribution is 0.0992. The van der Waals surface area contributed by atoms with E-state index in [1.807, 2.05) is 25.1 Å². The maximum absolute atomic E-state index is 13.0. The Labute approximate surface area is 128 Å². The molecule has 0 heterocycles. The molecular formula is C15H11Br2FO. The number of hydrogen-bond donors (Lipinski definition) is 0. The molecule has 2 rings (SSSR count). The van der Waals surface area contributed by atoms with Gasteiger partial charge in [-0.25, -0.2) is 4.39 Å². The monoisotopic (exact) mass is 384 g/mol. The Morgan fingerprint density at radius 2 is 1.89 bits per heavy atom. The fourth-order valence-corrected chi connectivity index (χ4v) is 2.68. The molecule has 0 aliphatic rings. The third-order valence-electron chi connectivity index (χ3n) is 2.87. The van der Waals surface area contributed by atoms with Crippen LogP contribution < -0.4 is 0 Å². The van der Waals surface area contributed by atoms with Gasteiger partial charge in [0, 0.05) is 20.9 Å². The molecule has 0 amide bonds. The normalized spacial score (nSPS) is 10.5. The Bertz CT molecular complexity index is 638. The summed E-state index contributed by atoms with van der Waals surface area (Å²) in [5, 5.41) is 0. The summed E-state index contributed by atoms with van der Waals surface area (Å²) < 4.78 is 14.5. The van der Waals surface area contributed by atoms with Gasteiger partial charge < -0.3 is 0 Å². The first-order chi connectivity index (χ1) is 8.97.